The van der Waals surface area contributed by atoms with E-state index in [1.807, 2.05) is 51.3 Å². The number of thiazole rings is 3. The third kappa shape index (κ3) is 18.6. The monoisotopic (exact) mass is 1750 g/mol. The standard InChI is InChI=1S/C21H21Cl2N3O3.C21H22ClN3O3S.C20H19F2N3O5S.C19H19Cl2N3O3S/c1-2-13-5-6-24-17(7-13)19(28)26-21-10-20(11-21,12-21)25-18(27)9-29-14-3-4-15(22)16(23)8-14;1-12-6-14(4-5-15(12)22)28-7-17(26)24-20-9-21(10-20,11-20)25-18(27)19-23-16(8-29-19)13-2-3-13;1-2-16-23-12(7-31-16)17(27)25-19-8-18(9-19,10-19)24-15(26)6-28-11-3-4-13-14(5-11)30-20(21,22)29-13;1-2-16-22-14(7-28-16)17(26)24-19-8-18(9-19,10-19)23-15(25)6-27-11-3-4-12(20)13(21)5-11/h3-8H,2,9-12H2,1H3,(H,25,27)(H,26,28);4-6,8,13H,2-3,7,9-11H2,1H3,(H,24,26)(H,25,27);3-5,7H,2,6,8-10H2,1H3,(H,24,26)(H,25,27);3-5,7H,2,6,8-10H2,1H3,(H,23,25)(H,24,26). The summed E-state index contributed by atoms with van der Waals surface area (Å²) < 4.78 is 56.7. The molecule has 22 rings (SSSR count). The SMILES string of the molecule is CCc1ccnc(C(=O)NC23CC(NC(=O)COc4ccc(Cl)c(Cl)c4)(C2)C3)c1.CCc1nc(C(=O)NC23CC(NC(=O)COc4ccc(Cl)c(Cl)c4)(C2)C3)cs1.CCc1nc(C(=O)NC23CC(NC(=O)COc4ccc5c(c4)OC(F)(F)O5)(C2)C3)cs1.Cc1cc(OCC(=O)NC23CC(NC(=O)c4nc(C5CC5)cs4)(C2)C3)ccc1Cl. The van der Waals surface area contributed by atoms with Gasteiger partial charge in [-0.15, -0.1) is 42.8 Å². The van der Waals surface area contributed by atoms with Crippen molar-refractivity contribution in [1.29, 1.82) is 0 Å². The number of amides is 8. The van der Waals surface area contributed by atoms with Gasteiger partial charge < -0.3 is 71.0 Å². The Hall–Kier alpha value is -9.21. The Morgan fingerprint density at radius 1 is 0.419 bits per heavy atom. The second-order valence-corrected chi connectivity index (χ2v) is 36.9. The van der Waals surface area contributed by atoms with Gasteiger partial charge in [-0.25, -0.2) is 15.0 Å². The van der Waals surface area contributed by atoms with Gasteiger partial charge in [0.05, 0.1) is 35.8 Å². The van der Waals surface area contributed by atoms with Crippen LogP contribution in [0.3, 0.4) is 0 Å². The number of fused-ring (bicyclic) bond motifs is 1. The first-order valence-corrected chi connectivity index (χ1v) is 42.6. The van der Waals surface area contributed by atoms with Crippen LogP contribution in [-0.2, 0) is 38.4 Å². The third-order valence-corrected chi connectivity index (χ3v) is 27.1. The maximum Gasteiger partial charge on any atom is 0.586 e. The zero-order valence-electron chi connectivity index (χ0n) is 63.7. The summed E-state index contributed by atoms with van der Waals surface area (Å²) in [4.78, 5) is 116. The first kappa shape index (κ1) is 82.9. The Morgan fingerprint density at radius 2 is 0.795 bits per heavy atom. The molecule has 8 amide bonds. The van der Waals surface area contributed by atoms with E-state index in [1.54, 1.807) is 65.5 Å². The fourth-order valence-electron chi connectivity index (χ4n) is 17.1. The lowest BCUT2D eigenvalue weighted by Crippen LogP contribution is -2.84. The number of halogens is 7. The van der Waals surface area contributed by atoms with Crippen LogP contribution in [0, 0.1) is 6.92 Å². The lowest BCUT2D eigenvalue weighted by molar-refractivity contribution is -0.286. The Bertz CT molecular complexity index is 5200. The van der Waals surface area contributed by atoms with Crippen LogP contribution in [0.1, 0.15) is 185 Å². The van der Waals surface area contributed by atoms with Crippen molar-refractivity contribution in [3.05, 3.63) is 181 Å². The number of aromatic nitrogens is 4. The molecule has 8 N–H and O–H groups in total. The van der Waals surface area contributed by atoms with E-state index in [1.165, 1.54) is 65.1 Å². The van der Waals surface area contributed by atoms with Gasteiger partial charge >= 0.3 is 6.29 Å². The average Bonchev–Trinajstić information content (AvgIpc) is 1.59. The van der Waals surface area contributed by atoms with Crippen LogP contribution in [0.4, 0.5) is 8.78 Å². The zero-order chi connectivity index (χ0) is 82.7. The van der Waals surface area contributed by atoms with Gasteiger partial charge in [0.1, 0.15) is 40.1 Å². The van der Waals surface area contributed by atoms with Gasteiger partial charge in [0.15, 0.2) is 42.9 Å². The van der Waals surface area contributed by atoms with Crippen molar-refractivity contribution in [1.82, 2.24) is 62.5 Å². The molecule has 0 spiro atoms. The third-order valence-electron chi connectivity index (χ3n) is 22.4. The first-order chi connectivity index (χ1) is 55.7. The largest absolute Gasteiger partial charge is 0.586 e. The minimum Gasteiger partial charge on any atom is -0.484 e. The van der Waals surface area contributed by atoms with E-state index in [0.29, 0.717) is 89.6 Å². The lowest BCUT2D eigenvalue weighted by Gasteiger charge is -2.70. The Balaban J connectivity index is 0.000000122. The van der Waals surface area contributed by atoms with E-state index in [-0.39, 0.29) is 135 Å². The molecule has 0 atom stereocenters. The van der Waals surface area contributed by atoms with E-state index in [2.05, 4.69) is 71.9 Å². The summed E-state index contributed by atoms with van der Waals surface area (Å²) in [5, 5.41) is 34.6. The van der Waals surface area contributed by atoms with Crippen LogP contribution in [0.15, 0.2) is 107 Å². The van der Waals surface area contributed by atoms with Crippen molar-refractivity contribution in [2.75, 3.05) is 26.4 Å². The minimum absolute atomic E-state index is 0.0365. The number of hydrogen-bond acceptors (Lipinski definition) is 21. The lowest BCUT2D eigenvalue weighted by atomic mass is 9.44. The number of pyridine rings is 1. The minimum atomic E-state index is -3.70. The molecule has 5 heterocycles. The number of carbonyl (C=O) groups excluding carboxylic acids is 8. The highest BCUT2D eigenvalue weighted by molar-refractivity contribution is 7.11. The Labute approximate surface area is 708 Å². The number of rotatable bonds is 28. The Kier molecular flexibility index (Phi) is 23.0. The fourth-order valence-corrected chi connectivity index (χ4v) is 20.1. The van der Waals surface area contributed by atoms with Gasteiger partial charge in [0.2, 0.25) is 0 Å². The molecule has 0 unspecified atom stereocenters. The van der Waals surface area contributed by atoms with E-state index >= 15 is 0 Å². The molecule has 14 aliphatic rings. The number of hydrogen-bond donors (Lipinski definition) is 8. The molecule has 13 fully saturated rings. The summed E-state index contributed by atoms with van der Waals surface area (Å²) in [6.07, 6.45) is 11.4. The molecule has 13 saturated carbocycles. The molecule has 8 aromatic rings. The van der Waals surface area contributed by atoms with Crippen molar-refractivity contribution in [3.63, 3.8) is 0 Å². The maximum atomic E-state index is 13.1. The van der Waals surface area contributed by atoms with E-state index in [0.717, 1.165) is 104 Å². The quantitative estimate of drug-likeness (QED) is 0.0226. The van der Waals surface area contributed by atoms with Crippen molar-refractivity contribution < 1.29 is 75.6 Å². The van der Waals surface area contributed by atoms with Crippen molar-refractivity contribution in [2.24, 2.45) is 0 Å². The number of benzene rings is 4. The van der Waals surface area contributed by atoms with Gasteiger partial charge in [0, 0.05) is 95.8 Å². The molecule has 616 valence electrons. The van der Waals surface area contributed by atoms with Gasteiger partial charge in [-0.05, 0) is 194 Å². The predicted molar refractivity (Wildman–Crippen MR) is 434 cm³/mol. The molecule has 117 heavy (non-hydrogen) atoms. The number of ether oxygens (including phenoxy) is 6. The van der Waals surface area contributed by atoms with Crippen molar-refractivity contribution in [2.45, 2.75) is 193 Å². The zero-order valence-corrected chi connectivity index (χ0v) is 69.9. The van der Waals surface area contributed by atoms with Gasteiger partial charge in [-0.1, -0.05) is 78.8 Å². The number of alkyl halides is 2. The van der Waals surface area contributed by atoms with E-state index < -0.39 is 6.29 Å². The van der Waals surface area contributed by atoms with E-state index in [9.17, 15) is 47.1 Å². The number of nitrogens with one attached hydrogen (secondary N) is 8. The molecule has 36 heteroatoms. The number of nitrogens with zero attached hydrogens (tertiary/aromatic N) is 4. The molecule has 0 radical (unpaired) electrons. The summed E-state index contributed by atoms with van der Waals surface area (Å²) in [5.41, 5.74) is 2.43. The van der Waals surface area contributed by atoms with E-state index in [4.69, 9.17) is 77.0 Å². The molecule has 13 aliphatic carbocycles. The van der Waals surface area contributed by atoms with Crippen LogP contribution < -0.4 is 71.0 Å². The normalized spacial score (nSPS) is 25.5. The topological polar surface area (TPSA) is 340 Å². The highest BCUT2D eigenvalue weighted by atomic mass is 35.5. The van der Waals surface area contributed by atoms with Crippen LogP contribution in [0.5, 0.6) is 34.5 Å². The first-order valence-electron chi connectivity index (χ1n) is 38.1. The predicted octanol–water partition coefficient (Wildman–Crippen LogP) is 13.4. The van der Waals surface area contributed by atoms with Crippen LogP contribution in [0.25, 0.3) is 0 Å². The molecule has 0 saturated heterocycles. The molecule has 8 bridgehead atoms. The second-order valence-electron chi connectivity index (χ2n) is 32.1. The molecular weight excluding hydrogens is 1680 g/mol. The number of carbonyl (C=O) groups is 8. The molecule has 26 nitrogen and oxygen atoms in total. The van der Waals surface area contributed by atoms with Crippen LogP contribution in [0.2, 0.25) is 25.1 Å². The van der Waals surface area contributed by atoms with Crippen molar-refractivity contribution in [3.8, 4) is 34.5 Å². The highest BCUT2D eigenvalue weighted by Crippen LogP contribution is 2.63. The maximum absolute atomic E-state index is 13.1. The van der Waals surface area contributed by atoms with Gasteiger partial charge in [-0.3, -0.25) is 43.3 Å². The van der Waals surface area contributed by atoms with Crippen LogP contribution >= 0.6 is 92.0 Å². The summed E-state index contributed by atoms with van der Waals surface area (Å²) in [5.74, 6) is 0.670. The van der Waals surface area contributed by atoms with Gasteiger partial charge in [0.25, 0.3) is 47.3 Å². The van der Waals surface area contributed by atoms with Crippen LogP contribution in [-0.4, -0.2) is 144 Å². The number of aryl methyl sites for hydroxylation is 4. The fraction of sp³-hybridized carbons (Fsp3) is 0.432. The molecule has 4 aromatic carbocycles. The smallest absolute Gasteiger partial charge is 0.484 e. The second kappa shape index (κ2) is 32.5. The summed E-state index contributed by atoms with van der Waals surface area (Å²) in [6, 6.07) is 22.7. The van der Waals surface area contributed by atoms with Crippen molar-refractivity contribution >= 4 is 139 Å². The molecule has 4 aromatic heterocycles. The molecule has 1 aliphatic heterocycles. The summed E-state index contributed by atoms with van der Waals surface area (Å²) >= 11 is 34.0. The summed E-state index contributed by atoms with van der Waals surface area (Å²) in [7, 11) is 0. The highest BCUT2D eigenvalue weighted by Gasteiger charge is 2.72. The summed E-state index contributed by atoms with van der Waals surface area (Å²) in [6.45, 7) is 7.42. The van der Waals surface area contributed by atoms with Gasteiger partial charge in [-0.2, -0.15) is 0 Å². The molecular formula is C81H81Cl5F2N12O14S3. The Morgan fingerprint density at radius 3 is 1.19 bits per heavy atom. The average molecular weight is 1760 g/mol.